The predicted octanol–water partition coefficient (Wildman–Crippen LogP) is 1.02. The van der Waals surface area contributed by atoms with Crippen LogP contribution in [0.5, 0.6) is 0 Å². The van der Waals surface area contributed by atoms with Gasteiger partial charge >= 0.3 is 0 Å². The molecular formula is C11H17FN2O2S. The van der Waals surface area contributed by atoms with Crippen molar-refractivity contribution < 1.29 is 12.8 Å². The fourth-order valence-corrected chi connectivity index (χ4v) is 2.60. The van der Waals surface area contributed by atoms with E-state index in [9.17, 15) is 12.8 Å². The molecule has 6 heteroatoms. The molecule has 0 fully saturated rings. The molecule has 0 aromatic heterocycles. The largest absolute Gasteiger partial charge is 0.320 e. The van der Waals surface area contributed by atoms with E-state index in [2.05, 4.69) is 10.0 Å². The number of aryl methyl sites for hydroxylation is 1. The first-order chi connectivity index (χ1) is 7.99. The van der Waals surface area contributed by atoms with Crippen LogP contribution in [0.3, 0.4) is 0 Å². The van der Waals surface area contributed by atoms with Gasteiger partial charge in [-0.1, -0.05) is 12.1 Å². The maximum absolute atomic E-state index is 13.6. The SMILES string of the molecule is CNCCCNS(=O)(=O)c1cccc(C)c1F. The molecule has 0 spiro atoms. The summed E-state index contributed by atoms with van der Waals surface area (Å²) >= 11 is 0. The van der Waals surface area contributed by atoms with E-state index in [1.165, 1.54) is 25.1 Å². The van der Waals surface area contributed by atoms with Gasteiger partial charge in [-0.3, -0.25) is 0 Å². The number of benzene rings is 1. The maximum atomic E-state index is 13.6. The van der Waals surface area contributed by atoms with Crippen molar-refractivity contribution in [2.45, 2.75) is 18.2 Å². The van der Waals surface area contributed by atoms with Crippen LogP contribution in [0.15, 0.2) is 23.1 Å². The molecule has 2 N–H and O–H groups in total. The average molecular weight is 260 g/mol. The molecule has 0 saturated heterocycles. The molecule has 17 heavy (non-hydrogen) atoms. The highest BCUT2D eigenvalue weighted by atomic mass is 32.2. The first-order valence-corrected chi connectivity index (χ1v) is 6.86. The van der Waals surface area contributed by atoms with Gasteiger partial charge in [-0.25, -0.2) is 17.5 Å². The van der Waals surface area contributed by atoms with E-state index in [0.29, 0.717) is 18.5 Å². The van der Waals surface area contributed by atoms with Gasteiger partial charge in [0, 0.05) is 6.54 Å². The number of rotatable bonds is 6. The van der Waals surface area contributed by atoms with Crippen LogP contribution in [0.4, 0.5) is 4.39 Å². The first kappa shape index (κ1) is 14.1. The summed E-state index contributed by atoms with van der Waals surface area (Å²) in [4.78, 5) is -0.290. The first-order valence-electron chi connectivity index (χ1n) is 5.38. The van der Waals surface area contributed by atoms with Crippen LogP contribution in [-0.2, 0) is 10.0 Å². The third kappa shape index (κ3) is 3.76. The summed E-state index contributed by atoms with van der Waals surface area (Å²) in [5.74, 6) is -0.686. The lowest BCUT2D eigenvalue weighted by Gasteiger charge is -2.08. The van der Waals surface area contributed by atoms with Gasteiger partial charge in [0.25, 0.3) is 0 Å². The summed E-state index contributed by atoms with van der Waals surface area (Å²) in [6.07, 6.45) is 0.656. The van der Waals surface area contributed by atoms with Crippen LogP contribution < -0.4 is 10.0 Å². The standard InChI is InChI=1S/C11H17FN2O2S/c1-9-5-3-6-10(11(9)12)17(15,16)14-8-4-7-13-2/h3,5-6,13-14H,4,7-8H2,1-2H3. The smallest absolute Gasteiger partial charge is 0.243 e. The summed E-state index contributed by atoms with van der Waals surface area (Å²) in [7, 11) is -1.96. The number of sulfonamides is 1. The van der Waals surface area contributed by atoms with Crippen molar-refractivity contribution in [1.29, 1.82) is 0 Å². The Kier molecular flexibility index (Phi) is 5.04. The highest BCUT2D eigenvalue weighted by molar-refractivity contribution is 7.89. The van der Waals surface area contributed by atoms with Crippen molar-refractivity contribution in [3.8, 4) is 0 Å². The minimum absolute atomic E-state index is 0.288. The molecule has 4 nitrogen and oxygen atoms in total. The molecule has 0 heterocycles. The quantitative estimate of drug-likeness (QED) is 0.751. The zero-order valence-electron chi connectivity index (χ0n) is 9.96. The highest BCUT2D eigenvalue weighted by Gasteiger charge is 2.19. The normalized spacial score (nSPS) is 11.7. The fraction of sp³-hybridized carbons (Fsp3) is 0.455. The fourth-order valence-electron chi connectivity index (χ4n) is 1.38. The lowest BCUT2D eigenvalue weighted by atomic mass is 10.2. The average Bonchev–Trinajstić information content (AvgIpc) is 2.28. The molecule has 0 aliphatic heterocycles. The summed E-state index contributed by atoms with van der Waals surface area (Å²) in [5, 5.41) is 2.91. The van der Waals surface area contributed by atoms with Gasteiger partial charge in [0.15, 0.2) is 0 Å². The van der Waals surface area contributed by atoms with E-state index >= 15 is 0 Å². The molecule has 96 valence electrons. The second kappa shape index (κ2) is 6.09. The molecule has 1 rings (SSSR count). The Hall–Kier alpha value is -0.980. The van der Waals surface area contributed by atoms with Gasteiger partial charge in [-0.2, -0.15) is 0 Å². The van der Waals surface area contributed by atoms with E-state index in [1.54, 1.807) is 7.05 Å². The molecule has 0 atom stereocenters. The van der Waals surface area contributed by atoms with Crippen molar-refractivity contribution in [2.24, 2.45) is 0 Å². The van der Waals surface area contributed by atoms with Gasteiger partial charge in [0.1, 0.15) is 10.7 Å². The molecule has 0 aliphatic rings. The molecule has 0 bridgehead atoms. The van der Waals surface area contributed by atoms with Crippen molar-refractivity contribution in [2.75, 3.05) is 20.1 Å². The van der Waals surface area contributed by atoms with Crippen LogP contribution in [0.1, 0.15) is 12.0 Å². The molecule has 0 aliphatic carbocycles. The molecule has 0 amide bonds. The van der Waals surface area contributed by atoms with Crippen LogP contribution in [-0.4, -0.2) is 28.6 Å². The summed E-state index contributed by atoms with van der Waals surface area (Å²) in [5.41, 5.74) is 0.322. The Balaban J connectivity index is 2.79. The molecule has 1 aromatic rings. The van der Waals surface area contributed by atoms with Gasteiger partial charge in [0.2, 0.25) is 10.0 Å². The van der Waals surface area contributed by atoms with Crippen molar-refractivity contribution in [3.05, 3.63) is 29.6 Å². The summed E-state index contributed by atoms with van der Waals surface area (Å²) < 4.78 is 39.6. The molecule has 0 saturated carbocycles. The number of halogens is 1. The Morgan fingerprint density at radius 2 is 2.00 bits per heavy atom. The van der Waals surface area contributed by atoms with E-state index < -0.39 is 15.8 Å². The minimum Gasteiger partial charge on any atom is -0.320 e. The zero-order chi connectivity index (χ0) is 12.9. The van der Waals surface area contributed by atoms with Crippen LogP contribution in [0, 0.1) is 12.7 Å². The summed E-state index contributed by atoms with van der Waals surface area (Å²) in [6.45, 7) is 2.53. The number of nitrogens with one attached hydrogen (secondary N) is 2. The topological polar surface area (TPSA) is 58.2 Å². The summed E-state index contributed by atoms with van der Waals surface area (Å²) in [6, 6.07) is 4.33. The van der Waals surface area contributed by atoms with Crippen molar-refractivity contribution in [3.63, 3.8) is 0 Å². The monoisotopic (exact) mass is 260 g/mol. The molecular weight excluding hydrogens is 243 g/mol. The van der Waals surface area contributed by atoms with Crippen molar-refractivity contribution >= 4 is 10.0 Å². The molecule has 0 unspecified atom stereocenters. The van der Waals surface area contributed by atoms with Crippen molar-refractivity contribution in [1.82, 2.24) is 10.0 Å². The molecule has 0 radical (unpaired) electrons. The van der Waals surface area contributed by atoms with Gasteiger partial charge in [0.05, 0.1) is 0 Å². The third-order valence-corrected chi connectivity index (χ3v) is 3.82. The second-order valence-electron chi connectivity index (χ2n) is 3.74. The second-order valence-corrected chi connectivity index (χ2v) is 5.48. The Morgan fingerprint density at radius 3 is 2.65 bits per heavy atom. The van der Waals surface area contributed by atoms with Crippen LogP contribution in [0.2, 0.25) is 0 Å². The van der Waals surface area contributed by atoms with Crippen LogP contribution >= 0.6 is 0 Å². The Morgan fingerprint density at radius 1 is 1.29 bits per heavy atom. The van der Waals surface area contributed by atoms with Gasteiger partial charge in [-0.05, 0) is 38.6 Å². The Labute approximate surface area is 101 Å². The van der Waals surface area contributed by atoms with Gasteiger partial charge < -0.3 is 5.32 Å². The highest BCUT2D eigenvalue weighted by Crippen LogP contribution is 2.16. The van der Waals surface area contributed by atoms with E-state index in [0.717, 1.165) is 0 Å². The number of hydrogen-bond acceptors (Lipinski definition) is 3. The van der Waals surface area contributed by atoms with Crippen LogP contribution in [0.25, 0.3) is 0 Å². The lowest BCUT2D eigenvalue weighted by molar-refractivity contribution is 0.551. The Bertz CT molecular complexity index is 474. The number of hydrogen-bond donors (Lipinski definition) is 2. The predicted molar refractivity (Wildman–Crippen MR) is 64.9 cm³/mol. The molecule has 1 aromatic carbocycles. The third-order valence-electron chi connectivity index (χ3n) is 2.34. The van der Waals surface area contributed by atoms with E-state index in [-0.39, 0.29) is 11.4 Å². The zero-order valence-corrected chi connectivity index (χ0v) is 10.8. The minimum atomic E-state index is -3.75. The van der Waals surface area contributed by atoms with Gasteiger partial charge in [-0.15, -0.1) is 0 Å². The van der Waals surface area contributed by atoms with E-state index in [1.807, 2.05) is 0 Å². The van der Waals surface area contributed by atoms with E-state index in [4.69, 9.17) is 0 Å². The lowest BCUT2D eigenvalue weighted by Crippen LogP contribution is -2.27. The maximum Gasteiger partial charge on any atom is 0.243 e.